The Hall–Kier alpha value is -2.35. The van der Waals surface area contributed by atoms with E-state index in [0.717, 1.165) is 0 Å². The number of halogens is 1. The van der Waals surface area contributed by atoms with E-state index < -0.39 is 46.0 Å². The normalized spacial score (nSPS) is 26.6. The summed E-state index contributed by atoms with van der Waals surface area (Å²) in [7, 11) is -4.92. The fourth-order valence-corrected chi connectivity index (χ4v) is 3.73. The molecule has 3 rings (SSSR count). The number of aliphatic hydroxyl groups excluding tert-OH is 3. The quantitative estimate of drug-likeness (QED) is 0.454. The van der Waals surface area contributed by atoms with Crippen LogP contribution >= 0.6 is 0 Å². The zero-order chi connectivity index (χ0) is 22.9. The van der Waals surface area contributed by atoms with Gasteiger partial charge >= 0.3 is 0 Å². The van der Waals surface area contributed by atoms with E-state index in [9.17, 15) is 32.7 Å². The van der Waals surface area contributed by atoms with Gasteiger partial charge in [0.1, 0.15) is 24.1 Å². The van der Waals surface area contributed by atoms with Crippen LogP contribution in [0.25, 0.3) is 11.1 Å². The minimum absolute atomic E-state index is 0.0119. The topological polar surface area (TPSA) is 156 Å². The van der Waals surface area contributed by atoms with Crippen molar-refractivity contribution < 1.29 is 46.9 Å². The van der Waals surface area contributed by atoms with Crippen LogP contribution in [0.15, 0.2) is 36.7 Å². The summed E-state index contributed by atoms with van der Waals surface area (Å²) in [4.78, 5) is 3.96. The van der Waals surface area contributed by atoms with Gasteiger partial charge in [0, 0.05) is 11.8 Å². The molecule has 10 nitrogen and oxygen atoms in total. The number of pyridine rings is 1. The Morgan fingerprint density at radius 1 is 1.06 bits per heavy atom. The van der Waals surface area contributed by atoms with E-state index >= 15 is 0 Å². The van der Waals surface area contributed by atoms with Gasteiger partial charge in [-0.2, -0.15) is 8.42 Å². The van der Waals surface area contributed by atoms with Gasteiger partial charge in [0.2, 0.25) is 11.7 Å². The molecule has 0 aliphatic carbocycles. The van der Waals surface area contributed by atoms with Crippen molar-refractivity contribution in [3.8, 4) is 22.6 Å². The second-order valence-electron chi connectivity index (χ2n) is 7.20. The molecule has 31 heavy (non-hydrogen) atoms. The molecule has 0 amide bonds. The van der Waals surface area contributed by atoms with Gasteiger partial charge in [0.25, 0.3) is 10.1 Å². The first-order valence-corrected chi connectivity index (χ1v) is 10.7. The highest BCUT2D eigenvalue weighted by atomic mass is 32.2. The molecule has 1 aliphatic heterocycles. The van der Waals surface area contributed by atoms with E-state index in [4.69, 9.17) is 14.2 Å². The molecule has 1 aliphatic rings. The molecule has 1 aromatic heterocycles. The number of benzene rings is 1. The highest BCUT2D eigenvalue weighted by Gasteiger charge is 2.50. The highest BCUT2D eigenvalue weighted by Crippen LogP contribution is 2.30. The number of aromatic nitrogens is 1. The Labute approximate surface area is 177 Å². The van der Waals surface area contributed by atoms with Crippen LogP contribution in [0.4, 0.5) is 4.39 Å². The second kappa shape index (κ2) is 9.02. The lowest BCUT2D eigenvalue weighted by molar-refractivity contribution is -0.254. The van der Waals surface area contributed by atoms with E-state index in [2.05, 4.69) is 4.98 Å². The first kappa shape index (κ1) is 23.3. The fraction of sp³-hybridized carbons (Fsp3) is 0.421. The molecule has 0 saturated carbocycles. The van der Waals surface area contributed by atoms with Crippen molar-refractivity contribution in [3.63, 3.8) is 0 Å². The number of hydrogen-bond acceptors (Lipinski definition) is 9. The molecule has 0 bridgehead atoms. The zero-order valence-electron chi connectivity index (χ0n) is 16.5. The Morgan fingerprint density at radius 3 is 2.39 bits per heavy atom. The maximum absolute atomic E-state index is 14.3. The fourth-order valence-electron chi connectivity index (χ4n) is 2.97. The summed E-state index contributed by atoms with van der Waals surface area (Å²) in [6.07, 6.45) is -5.22. The molecule has 2 aromatic rings. The Bertz CT molecular complexity index is 1030. The molecule has 0 spiro atoms. The summed E-state index contributed by atoms with van der Waals surface area (Å²) in [5.41, 5.74) is -1.37. The summed E-state index contributed by atoms with van der Waals surface area (Å²) in [6, 6.07) is 5.71. The predicted octanol–water partition coefficient (Wildman–Crippen LogP) is 0.707. The maximum atomic E-state index is 14.3. The van der Waals surface area contributed by atoms with Crippen molar-refractivity contribution >= 4 is 10.1 Å². The minimum atomic E-state index is -4.92. The molecular weight excluding hydrogens is 437 g/mol. The van der Waals surface area contributed by atoms with E-state index in [0.29, 0.717) is 11.1 Å². The molecule has 1 aromatic carbocycles. The first-order chi connectivity index (χ1) is 14.5. The number of ether oxygens (including phenoxy) is 3. The van der Waals surface area contributed by atoms with Crippen molar-refractivity contribution in [2.75, 3.05) is 0 Å². The summed E-state index contributed by atoms with van der Waals surface area (Å²) in [6.45, 7) is 3.53. The molecule has 12 heteroatoms. The van der Waals surface area contributed by atoms with Gasteiger partial charge in [-0.15, -0.1) is 0 Å². The number of aliphatic hydroxyl groups is 3. The van der Waals surface area contributed by atoms with E-state index in [1.165, 1.54) is 30.6 Å². The lowest BCUT2D eigenvalue weighted by Crippen LogP contribution is -2.61. The lowest BCUT2D eigenvalue weighted by Gasteiger charge is -2.38. The van der Waals surface area contributed by atoms with Gasteiger partial charge in [-0.1, -0.05) is 6.07 Å². The van der Waals surface area contributed by atoms with Crippen LogP contribution in [0.5, 0.6) is 11.5 Å². The van der Waals surface area contributed by atoms with Crippen LogP contribution in [-0.2, 0) is 14.9 Å². The van der Waals surface area contributed by atoms with Crippen LogP contribution in [-0.4, -0.2) is 69.4 Å². The zero-order valence-corrected chi connectivity index (χ0v) is 17.3. The third-order valence-corrected chi connectivity index (χ3v) is 5.39. The Kier molecular flexibility index (Phi) is 6.79. The van der Waals surface area contributed by atoms with Gasteiger partial charge in [0.05, 0.1) is 12.3 Å². The smallest absolute Gasteiger partial charge is 0.295 e. The third-order valence-electron chi connectivity index (χ3n) is 4.41. The minimum Gasteiger partial charge on any atom is -0.488 e. The Morgan fingerprint density at radius 2 is 1.77 bits per heavy atom. The molecule has 0 radical (unpaired) electrons. The van der Waals surface area contributed by atoms with Gasteiger partial charge < -0.3 is 29.5 Å². The standard InChI is InChI=1S/C19H22FNO9S/c1-9(2)28-14-4-3-10(6-13(14)20)11-5-12(8-21-7-11)29-18-16(23)15(22)17(24)19(30-18)31(25,26)27/h3-9,15-19,22-24H,1-2H3,(H,25,26,27)/t15-,16-,17+,18-,19?/m1/s1. The molecule has 1 saturated heterocycles. The van der Waals surface area contributed by atoms with Crippen LogP contribution in [0, 0.1) is 5.82 Å². The first-order valence-electron chi connectivity index (χ1n) is 9.21. The van der Waals surface area contributed by atoms with Gasteiger partial charge in [-0.05, 0) is 37.6 Å². The third kappa shape index (κ3) is 5.29. The van der Waals surface area contributed by atoms with E-state index in [1.54, 1.807) is 19.9 Å². The SMILES string of the molecule is CC(C)Oc1ccc(-c2cncc(O[C@@H]3OC(S(=O)(=O)O)[C@@H](O)[C@H](O)[C@H]3O)c2)cc1F. The monoisotopic (exact) mass is 459 g/mol. The Balaban J connectivity index is 1.83. The molecule has 170 valence electrons. The van der Waals surface area contributed by atoms with Crippen molar-refractivity contribution in [3.05, 3.63) is 42.5 Å². The number of rotatable bonds is 6. The largest absolute Gasteiger partial charge is 0.488 e. The molecule has 5 atom stereocenters. The molecule has 1 fully saturated rings. The summed E-state index contributed by atoms with van der Waals surface area (Å²) >= 11 is 0. The molecule has 4 N–H and O–H groups in total. The summed E-state index contributed by atoms with van der Waals surface area (Å²) in [5.74, 6) is -0.513. The van der Waals surface area contributed by atoms with Crippen LogP contribution in [0.1, 0.15) is 13.8 Å². The highest BCUT2D eigenvalue weighted by molar-refractivity contribution is 7.86. The van der Waals surface area contributed by atoms with Crippen molar-refractivity contribution in [1.29, 1.82) is 0 Å². The average Bonchev–Trinajstić information content (AvgIpc) is 2.69. The number of hydrogen-bond donors (Lipinski definition) is 4. The molecular formula is C19H22FNO9S. The van der Waals surface area contributed by atoms with Crippen LogP contribution in [0.3, 0.4) is 0 Å². The van der Waals surface area contributed by atoms with E-state index in [1.807, 2.05) is 0 Å². The number of nitrogens with zero attached hydrogens (tertiary/aromatic N) is 1. The lowest BCUT2D eigenvalue weighted by atomic mass is 10.1. The van der Waals surface area contributed by atoms with Crippen molar-refractivity contribution in [2.24, 2.45) is 0 Å². The van der Waals surface area contributed by atoms with Crippen LogP contribution in [0.2, 0.25) is 0 Å². The van der Waals surface area contributed by atoms with Gasteiger partial charge in [0.15, 0.2) is 11.6 Å². The van der Waals surface area contributed by atoms with Crippen molar-refractivity contribution in [1.82, 2.24) is 4.98 Å². The van der Waals surface area contributed by atoms with Crippen molar-refractivity contribution in [2.45, 2.75) is 50.0 Å². The van der Waals surface area contributed by atoms with Crippen LogP contribution < -0.4 is 9.47 Å². The maximum Gasteiger partial charge on any atom is 0.295 e. The average molecular weight is 459 g/mol. The molecule has 2 heterocycles. The summed E-state index contributed by atoms with van der Waals surface area (Å²) < 4.78 is 61.9. The summed E-state index contributed by atoms with van der Waals surface area (Å²) in [5, 5.41) is 29.7. The predicted molar refractivity (Wildman–Crippen MR) is 104 cm³/mol. The van der Waals surface area contributed by atoms with E-state index in [-0.39, 0.29) is 17.6 Å². The van der Waals surface area contributed by atoms with Gasteiger partial charge in [-0.25, -0.2) is 4.39 Å². The van der Waals surface area contributed by atoms with Gasteiger partial charge in [-0.3, -0.25) is 9.54 Å². The second-order valence-corrected chi connectivity index (χ2v) is 8.69. The molecule has 1 unspecified atom stereocenters.